The summed E-state index contributed by atoms with van der Waals surface area (Å²) in [7, 11) is 0. The molecule has 0 aliphatic carbocycles. The van der Waals surface area contributed by atoms with Gasteiger partial charge in [0.2, 0.25) is 0 Å². The molecule has 67 heavy (non-hydrogen) atoms. The lowest BCUT2D eigenvalue weighted by Crippen LogP contribution is -2.61. The molecular weight excluding hydrogens is 865 g/mol. The molecule has 2 rings (SSSR count). The lowest BCUT2D eigenvalue weighted by Gasteiger charge is -2.42. The molecule has 0 amide bonds. The summed E-state index contributed by atoms with van der Waals surface area (Å²) in [5.41, 5.74) is 0. The van der Waals surface area contributed by atoms with Gasteiger partial charge in [-0.2, -0.15) is 0 Å². The maximum atomic E-state index is 13.0. The van der Waals surface area contributed by atoms with E-state index in [1.807, 2.05) is 0 Å². The van der Waals surface area contributed by atoms with Gasteiger partial charge in [0.05, 0.1) is 19.8 Å². The third-order valence-electron chi connectivity index (χ3n) is 13.3. The van der Waals surface area contributed by atoms with E-state index in [-0.39, 0.29) is 26.1 Å². The van der Waals surface area contributed by atoms with Crippen LogP contribution in [0.15, 0.2) is 0 Å². The van der Waals surface area contributed by atoms with E-state index in [1.54, 1.807) is 0 Å². The van der Waals surface area contributed by atoms with E-state index in [9.17, 15) is 45.3 Å². The summed E-state index contributed by atoms with van der Waals surface area (Å²) in [4.78, 5) is 25.8. The van der Waals surface area contributed by atoms with Gasteiger partial charge < -0.3 is 64.2 Å². The second-order valence-electron chi connectivity index (χ2n) is 19.4. The van der Waals surface area contributed by atoms with Crippen molar-refractivity contribution in [1.29, 1.82) is 0 Å². The van der Waals surface area contributed by atoms with Crippen LogP contribution in [0.3, 0.4) is 0 Å². The summed E-state index contributed by atoms with van der Waals surface area (Å²) >= 11 is 0. The Hall–Kier alpha value is -1.50. The highest BCUT2D eigenvalue weighted by molar-refractivity contribution is 5.70. The number of carbonyl (C=O) groups excluding carboxylic acids is 2. The summed E-state index contributed by atoms with van der Waals surface area (Å²) in [6.07, 6.45) is 21.2. The standard InChI is InChI=1S/C52H98O15/c1-3-5-7-9-11-13-15-17-19-21-23-25-27-29-31-33-35-44(55)65-40(37-62-43(54)34-32-30-28-26-24-22-20-18-16-14-12-10-8-6-4-2)38-63-51-50(61)48(59)46(57)42(67-51)39-64-52-49(60)47(58)45(56)41(36-53)66-52/h40-42,45-53,56-61H,3-39H2,1-2H3/t40-,41-,42-,45+,46+,47?,48?,49?,50?,51-,52-/m1/s1. The lowest BCUT2D eigenvalue weighted by atomic mass is 9.98. The van der Waals surface area contributed by atoms with Crippen LogP contribution in [-0.4, -0.2) is 142 Å². The number of ether oxygens (including phenoxy) is 6. The van der Waals surface area contributed by atoms with Gasteiger partial charge in [0.15, 0.2) is 18.7 Å². The average Bonchev–Trinajstić information content (AvgIpc) is 3.32. The first-order valence-corrected chi connectivity index (χ1v) is 27.1. The highest BCUT2D eigenvalue weighted by atomic mass is 16.7. The number of aliphatic hydroxyl groups is 7. The third kappa shape index (κ3) is 28.2. The molecule has 7 N–H and O–H groups in total. The van der Waals surface area contributed by atoms with Crippen LogP contribution in [0.5, 0.6) is 0 Å². The van der Waals surface area contributed by atoms with Crippen molar-refractivity contribution in [2.75, 3.05) is 26.4 Å². The second kappa shape index (κ2) is 40.1. The zero-order valence-corrected chi connectivity index (χ0v) is 41.9. The van der Waals surface area contributed by atoms with Gasteiger partial charge in [0.25, 0.3) is 0 Å². The molecule has 2 aliphatic heterocycles. The molecule has 0 saturated carbocycles. The van der Waals surface area contributed by atoms with Crippen LogP contribution in [-0.2, 0) is 38.0 Å². The van der Waals surface area contributed by atoms with Gasteiger partial charge in [-0.1, -0.05) is 200 Å². The Balaban J connectivity index is 1.78. The molecule has 0 aromatic rings. The van der Waals surface area contributed by atoms with Crippen LogP contribution >= 0.6 is 0 Å². The number of unbranched alkanes of at least 4 members (excludes halogenated alkanes) is 29. The maximum Gasteiger partial charge on any atom is 0.306 e. The highest BCUT2D eigenvalue weighted by Crippen LogP contribution is 2.27. The van der Waals surface area contributed by atoms with Crippen LogP contribution in [0.2, 0.25) is 0 Å². The van der Waals surface area contributed by atoms with E-state index in [0.717, 1.165) is 38.5 Å². The predicted octanol–water partition coefficient (Wildman–Crippen LogP) is 8.00. The molecular formula is C52H98O15. The molecule has 2 heterocycles. The summed E-state index contributed by atoms with van der Waals surface area (Å²) in [5, 5.41) is 72.1. The molecule has 0 aromatic heterocycles. The van der Waals surface area contributed by atoms with Crippen molar-refractivity contribution < 1.29 is 73.8 Å². The fraction of sp³-hybridized carbons (Fsp3) is 0.962. The highest BCUT2D eigenvalue weighted by Gasteiger charge is 2.47. The Kier molecular flexibility index (Phi) is 36.9. The van der Waals surface area contributed by atoms with Crippen molar-refractivity contribution >= 4 is 11.9 Å². The molecule has 2 saturated heterocycles. The number of hydrogen-bond acceptors (Lipinski definition) is 15. The van der Waals surface area contributed by atoms with E-state index in [4.69, 9.17) is 28.4 Å². The Bertz CT molecular complexity index is 1180. The van der Waals surface area contributed by atoms with Gasteiger partial charge in [0, 0.05) is 12.8 Å². The first-order chi connectivity index (χ1) is 32.5. The first kappa shape index (κ1) is 61.6. The minimum absolute atomic E-state index is 0.173. The normalized spacial score (nSPS) is 25.9. The van der Waals surface area contributed by atoms with Gasteiger partial charge in [-0.25, -0.2) is 0 Å². The number of hydrogen-bond donors (Lipinski definition) is 7. The largest absolute Gasteiger partial charge is 0.462 e. The van der Waals surface area contributed by atoms with Crippen molar-refractivity contribution in [3.05, 3.63) is 0 Å². The first-order valence-electron chi connectivity index (χ1n) is 27.1. The summed E-state index contributed by atoms with van der Waals surface area (Å²) in [6.45, 7) is 2.64. The molecule has 4 unspecified atom stereocenters. The number of carbonyl (C=O) groups is 2. The maximum absolute atomic E-state index is 13.0. The van der Waals surface area contributed by atoms with Gasteiger partial charge in [-0.15, -0.1) is 0 Å². The van der Waals surface area contributed by atoms with Gasteiger partial charge in [-0.3, -0.25) is 9.59 Å². The number of rotatable bonds is 43. The van der Waals surface area contributed by atoms with Gasteiger partial charge in [-0.05, 0) is 12.8 Å². The van der Waals surface area contributed by atoms with E-state index in [2.05, 4.69) is 13.8 Å². The summed E-state index contributed by atoms with van der Waals surface area (Å²) in [6, 6.07) is 0. The Labute approximate surface area is 404 Å². The van der Waals surface area contributed by atoms with E-state index in [1.165, 1.54) is 148 Å². The zero-order valence-electron chi connectivity index (χ0n) is 41.9. The van der Waals surface area contributed by atoms with Crippen molar-refractivity contribution in [1.82, 2.24) is 0 Å². The van der Waals surface area contributed by atoms with Crippen LogP contribution in [0.1, 0.15) is 226 Å². The molecule has 15 nitrogen and oxygen atoms in total. The van der Waals surface area contributed by atoms with Crippen LogP contribution in [0, 0.1) is 0 Å². The Morgan fingerprint density at radius 1 is 0.418 bits per heavy atom. The SMILES string of the molecule is CCCCCCCCCCCCCCCCCCC(=O)O[C@H](COC(=O)CCCCCCCCCCCCCCCCC)CO[C@@H]1O[C@H](CO[C@@H]2O[C@H](CO)[C@H](O)C(O)C2O)[C@H](O)C(O)C1O. The minimum atomic E-state index is -1.76. The average molecular weight is 963 g/mol. The Morgan fingerprint density at radius 3 is 1.16 bits per heavy atom. The fourth-order valence-corrected chi connectivity index (χ4v) is 8.87. The van der Waals surface area contributed by atoms with E-state index >= 15 is 0 Å². The molecule has 11 atom stereocenters. The monoisotopic (exact) mass is 963 g/mol. The van der Waals surface area contributed by atoms with Crippen LogP contribution in [0.25, 0.3) is 0 Å². The zero-order chi connectivity index (χ0) is 48.9. The molecule has 0 radical (unpaired) electrons. The molecule has 2 fully saturated rings. The molecule has 15 heteroatoms. The van der Waals surface area contributed by atoms with Crippen molar-refractivity contribution in [2.24, 2.45) is 0 Å². The fourth-order valence-electron chi connectivity index (χ4n) is 8.87. The molecule has 2 aliphatic rings. The Morgan fingerprint density at radius 2 is 0.761 bits per heavy atom. The second-order valence-corrected chi connectivity index (χ2v) is 19.4. The van der Waals surface area contributed by atoms with Gasteiger partial charge in [0.1, 0.15) is 55.4 Å². The van der Waals surface area contributed by atoms with E-state index in [0.29, 0.717) is 12.8 Å². The lowest BCUT2D eigenvalue weighted by molar-refractivity contribution is -0.332. The number of aliphatic hydroxyl groups excluding tert-OH is 7. The number of esters is 2. The van der Waals surface area contributed by atoms with Crippen LogP contribution < -0.4 is 0 Å². The van der Waals surface area contributed by atoms with Crippen LogP contribution in [0.4, 0.5) is 0 Å². The van der Waals surface area contributed by atoms with Crippen molar-refractivity contribution in [3.8, 4) is 0 Å². The summed E-state index contributed by atoms with van der Waals surface area (Å²) in [5.74, 6) is -0.907. The smallest absolute Gasteiger partial charge is 0.306 e. The third-order valence-corrected chi connectivity index (χ3v) is 13.3. The molecule has 0 aromatic carbocycles. The predicted molar refractivity (Wildman–Crippen MR) is 257 cm³/mol. The minimum Gasteiger partial charge on any atom is -0.462 e. The molecule has 0 spiro atoms. The summed E-state index contributed by atoms with van der Waals surface area (Å²) < 4.78 is 33.6. The molecule has 0 bridgehead atoms. The van der Waals surface area contributed by atoms with Gasteiger partial charge >= 0.3 is 11.9 Å². The van der Waals surface area contributed by atoms with Crippen molar-refractivity contribution in [3.63, 3.8) is 0 Å². The molecule has 396 valence electrons. The van der Waals surface area contributed by atoms with Crippen molar-refractivity contribution in [2.45, 2.75) is 293 Å². The topological polar surface area (TPSA) is 231 Å². The van der Waals surface area contributed by atoms with E-state index < -0.39 is 92.7 Å². The quantitative estimate of drug-likeness (QED) is 0.0227.